The summed E-state index contributed by atoms with van der Waals surface area (Å²) in [6.45, 7) is -0.0645. The average molecular weight is 1100 g/mol. The zero-order valence-corrected chi connectivity index (χ0v) is 44.6. The quantitative estimate of drug-likeness (QED) is 0.0127. The fraction of sp³-hybridized carbons (Fsp3) is 0.633. The van der Waals surface area contributed by atoms with Crippen molar-refractivity contribution in [1.29, 1.82) is 0 Å². The summed E-state index contributed by atoms with van der Waals surface area (Å²) in [6, 6.07) is -2.26. The SMILES string of the molecule is COc1ccc(CC(NC(=O)[C@@H]2CCCN2C(=O)[C@@H](CCCN)NC(=O)CNC(=O)[C@H](CCCN)NC(=O)[C@@H](NC(=O)[C@@H](N)CCCCN)[C@@H](O)CN)C(=O)N[C@@H](CCCCN)C(=O)N/C(=C\CCN=C(N)N)C(=O)O)cc1. The lowest BCUT2D eigenvalue weighted by molar-refractivity contribution is -0.142. The molecule has 29 heteroatoms. The number of guanidine groups is 1. The lowest BCUT2D eigenvalue weighted by Crippen LogP contribution is -2.61. The van der Waals surface area contributed by atoms with Gasteiger partial charge in [0.15, 0.2) is 5.96 Å². The number of amides is 8. The molecule has 1 heterocycles. The number of aliphatic hydroxyl groups excluding tert-OH is 1. The molecule has 1 aliphatic heterocycles. The lowest BCUT2D eigenvalue weighted by atomic mass is 10.0. The number of nitrogens with zero attached hydrogens (tertiary/aromatic N) is 2. The molecule has 0 spiro atoms. The van der Waals surface area contributed by atoms with Gasteiger partial charge in [0.2, 0.25) is 47.3 Å². The third-order valence-electron chi connectivity index (χ3n) is 12.5. The van der Waals surface area contributed by atoms with Crippen molar-refractivity contribution in [3.63, 3.8) is 0 Å². The Morgan fingerprint density at radius 2 is 1.31 bits per heavy atom. The van der Waals surface area contributed by atoms with Crippen LogP contribution in [0.1, 0.15) is 89.0 Å². The van der Waals surface area contributed by atoms with E-state index in [4.69, 9.17) is 50.6 Å². The highest BCUT2D eigenvalue weighted by atomic mass is 16.5. The molecule has 1 saturated heterocycles. The zero-order chi connectivity index (χ0) is 58.2. The van der Waals surface area contributed by atoms with Crippen LogP contribution in [0.15, 0.2) is 41.0 Å². The highest BCUT2D eigenvalue weighted by Crippen LogP contribution is 2.21. The third kappa shape index (κ3) is 24.1. The Bertz CT molecular complexity index is 2160. The predicted molar refractivity (Wildman–Crippen MR) is 289 cm³/mol. The predicted octanol–water partition coefficient (Wildman–Crippen LogP) is -6.10. The molecule has 1 fully saturated rings. The van der Waals surface area contributed by atoms with Gasteiger partial charge in [-0.05, 0) is 121 Å². The normalized spacial score (nSPS) is 15.9. The monoisotopic (exact) mass is 1100 g/mol. The van der Waals surface area contributed by atoms with Gasteiger partial charge in [0.1, 0.15) is 47.7 Å². The lowest BCUT2D eigenvalue weighted by Gasteiger charge is -2.30. The Kier molecular flexibility index (Phi) is 31.7. The molecule has 29 nitrogen and oxygen atoms in total. The van der Waals surface area contributed by atoms with Crippen LogP contribution < -0.4 is 87.8 Å². The van der Waals surface area contributed by atoms with Crippen molar-refractivity contribution >= 4 is 59.2 Å². The average Bonchev–Trinajstić information content (AvgIpc) is 3.92. The summed E-state index contributed by atoms with van der Waals surface area (Å²) >= 11 is 0. The second-order valence-corrected chi connectivity index (χ2v) is 18.6. The number of unbranched alkanes of at least 4 members (excludes halogenated alkanes) is 2. The first-order chi connectivity index (χ1) is 37.2. The number of aliphatic carboxylic acids is 1. The van der Waals surface area contributed by atoms with E-state index in [0.717, 1.165) is 0 Å². The number of methoxy groups -OCH3 is 1. The van der Waals surface area contributed by atoms with Gasteiger partial charge in [-0.3, -0.25) is 43.3 Å². The van der Waals surface area contributed by atoms with Crippen LogP contribution >= 0.6 is 0 Å². The van der Waals surface area contributed by atoms with E-state index < -0.39 is 120 Å². The van der Waals surface area contributed by atoms with Gasteiger partial charge in [-0.15, -0.1) is 0 Å². The molecule has 78 heavy (non-hydrogen) atoms. The number of ether oxygens (including phenoxy) is 1. The van der Waals surface area contributed by atoms with E-state index in [9.17, 15) is 53.4 Å². The minimum Gasteiger partial charge on any atom is -0.497 e. The van der Waals surface area contributed by atoms with Crippen LogP contribution in [-0.4, -0.2) is 182 Å². The van der Waals surface area contributed by atoms with Crippen LogP contribution in [-0.2, 0) is 49.6 Å². The molecule has 0 saturated carbocycles. The summed E-state index contributed by atoms with van der Waals surface area (Å²) in [5.41, 5.74) is 45.2. The largest absolute Gasteiger partial charge is 0.497 e. The molecule has 2 rings (SSSR count). The molecular formula is C49H85N17O12. The number of nitrogens with two attached hydrogens (primary N) is 8. The van der Waals surface area contributed by atoms with Crippen molar-refractivity contribution in [2.75, 3.05) is 59.5 Å². The Morgan fingerprint density at radius 3 is 1.90 bits per heavy atom. The van der Waals surface area contributed by atoms with Crippen LogP contribution in [0.2, 0.25) is 0 Å². The van der Waals surface area contributed by atoms with E-state index in [1.54, 1.807) is 24.3 Å². The molecule has 8 atom stereocenters. The van der Waals surface area contributed by atoms with Crippen LogP contribution in [0.25, 0.3) is 0 Å². The summed E-state index contributed by atoms with van der Waals surface area (Å²) in [6.07, 6.45) is 2.96. The number of rotatable bonds is 38. The Hall–Kier alpha value is -7.02. The van der Waals surface area contributed by atoms with Crippen molar-refractivity contribution in [2.24, 2.45) is 50.9 Å². The van der Waals surface area contributed by atoms with Crippen LogP contribution in [0.5, 0.6) is 5.75 Å². The number of benzene rings is 1. The van der Waals surface area contributed by atoms with E-state index in [1.165, 1.54) is 18.1 Å². The smallest absolute Gasteiger partial charge is 0.352 e. The second-order valence-electron chi connectivity index (χ2n) is 18.6. The van der Waals surface area contributed by atoms with Crippen molar-refractivity contribution in [3.05, 3.63) is 41.6 Å². The van der Waals surface area contributed by atoms with Gasteiger partial charge >= 0.3 is 5.97 Å². The zero-order valence-electron chi connectivity index (χ0n) is 44.6. The topological polar surface area (TPSA) is 511 Å². The van der Waals surface area contributed by atoms with Gasteiger partial charge in [0.25, 0.3) is 0 Å². The van der Waals surface area contributed by atoms with Crippen molar-refractivity contribution in [3.8, 4) is 5.75 Å². The van der Waals surface area contributed by atoms with Crippen LogP contribution in [0.4, 0.5) is 0 Å². The molecule has 1 aromatic rings. The highest BCUT2D eigenvalue weighted by molar-refractivity contribution is 5.99. The number of nitrogens with one attached hydrogen (secondary N) is 7. The fourth-order valence-electron chi connectivity index (χ4n) is 8.17. The summed E-state index contributed by atoms with van der Waals surface area (Å²) in [5.74, 6) is -7.50. The number of likely N-dealkylation sites (tertiary alicyclic amines) is 1. The number of aliphatic hydroxyl groups is 1. The molecule has 0 aliphatic carbocycles. The van der Waals surface area contributed by atoms with Crippen molar-refractivity contribution in [1.82, 2.24) is 42.1 Å². The van der Waals surface area contributed by atoms with Crippen LogP contribution in [0, 0.1) is 0 Å². The Balaban J connectivity index is 2.33. The van der Waals surface area contributed by atoms with E-state index in [1.807, 2.05) is 0 Å². The number of carboxylic acids is 1. The molecule has 438 valence electrons. The highest BCUT2D eigenvalue weighted by Gasteiger charge is 2.40. The summed E-state index contributed by atoms with van der Waals surface area (Å²) in [7, 11) is 1.48. The van der Waals surface area contributed by atoms with Gasteiger partial charge in [-0.2, -0.15) is 0 Å². The standard InChI is InChI=1S/C49H85N17O12/c1-78-30-18-16-29(17-19-30)26-36(44(72)61-33(11-3-5-21-51)43(71)63-35(48(76)77)14-8-24-58-49(56)57)64-45(73)37-15-9-25-66(37)47(75)34(13-7-23-53)60-39(68)28-59-42(70)32(12-6-22-52)62-46(74)40(38(67)27-54)65-41(69)31(55)10-2-4-20-50/h14,16-19,31-34,36-38,40,67H,2-13,15,20-28,50-55H2,1H3,(H,59,70)(H,60,68)(H,61,72)(H,62,74)(H,63,71)(H,64,73)(H,65,69)(H,76,77)(H4,56,57,58)/b35-14-/t31-,32-,33-,34+,36?,37-,38-,40-/m0/s1. The Morgan fingerprint density at radius 1 is 0.718 bits per heavy atom. The number of aliphatic imine (C=N–C) groups is 1. The fourth-order valence-corrected chi connectivity index (χ4v) is 8.17. The molecule has 1 aromatic carbocycles. The number of hydrogen-bond acceptors (Lipinski definition) is 18. The summed E-state index contributed by atoms with van der Waals surface area (Å²) < 4.78 is 5.27. The van der Waals surface area contributed by atoms with Gasteiger partial charge in [-0.25, -0.2) is 4.79 Å². The number of hydrogen-bond donors (Lipinski definition) is 17. The molecule has 0 radical (unpaired) electrons. The first kappa shape index (κ1) is 67.1. The maximum absolute atomic E-state index is 14.3. The molecule has 1 aliphatic rings. The third-order valence-corrected chi connectivity index (χ3v) is 12.5. The molecule has 25 N–H and O–H groups in total. The van der Waals surface area contributed by atoms with Gasteiger partial charge in [0, 0.05) is 26.1 Å². The summed E-state index contributed by atoms with van der Waals surface area (Å²) in [4.78, 5) is 127. The van der Waals surface area contributed by atoms with Crippen molar-refractivity contribution < 1.29 is 58.1 Å². The van der Waals surface area contributed by atoms with E-state index >= 15 is 0 Å². The first-order valence-corrected chi connectivity index (χ1v) is 26.2. The molecule has 0 bridgehead atoms. The second kappa shape index (κ2) is 36.9. The van der Waals surface area contributed by atoms with Crippen LogP contribution in [0.3, 0.4) is 0 Å². The maximum Gasteiger partial charge on any atom is 0.352 e. The van der Waals surface area contributed by atoms with Crippen molar-refractivity contribution in [2.45, 2.75) is 138 Å². The van der Waals surface area contributed by atoms with E-state index in [-0.39, 0.29) is 96.5 Å². The summed E-state index contributed by atoms with van der Waals surface area (Å²) in [5, 5.41) is 38.1. The minimum absolute atomic E-state index is 0.00803. The molecular weight excluding hydrogens is 1020 g/mol. The number of carbonyl (C=O) groups is 9. The van der Waals surface area contributed by atoms with E-state index in [2.05, 4.69) is 42.2 Å². The first-order valence-electron chi connectivity index (χ1n) is 26.2. The molecule has 1 unspecified atom stereocenters. The molecule has 8 amide bonds. The minimum atomic E-state index is -1.59. The Labute approximate surface area is 454 Å². The van der Waals surface area contributed by atoms with E-state index in [0.29, 0.717) is 50.0 Å². The van der Waals surface area contributed by atoms with Gasteiger partial charge < -0.3 is 103 Å². The number of carbonyl (C=O) groups excluding carboxylic acids is 8. The van der Waals surface area contributed by atoms with Gasteiger partial charge in [-0.1, -0.05) is 24.6 Å². The maximum atomic E-state index is 14.3. The van der Waals surface area contributed by atoms with Gasteiger partial charge in [0.05, 0.1) is 25.8 Å². The number of carboxylic acid groups (broad SMARTS) is 1. The molecule has 0 aromatic heterocycles.